The Bertz CT molecular complexity index is 1580. The predicted octanol–water partition coefficient (Wildman–Crippen LogP) is 3.24. The standard InChI is InChI=1S/C31H36N6O6/c1-3-21(27(38)28(39)29(40)31(42)43-2)18-37-19-25(34-35-37)17-33-30(41)24(16-32)14-20-7-8-23-15-26(10-9-22(23)13-20)36-11-5-4-6-12-36/h3,7-10,13-15,19,27,31,38-40,42H,4-6,11-12,17-18H2,1-2H3,(H,33,41)/b21-3-,24-14+,29-28-/t27-,31-/m1/s1. The molecule has 0 spiro atoms. The van der Waals surface area contributed by atoms with Gasteiger partial charge in [-0.3, -0.25) is 4.79 Å². The number of piperidine rings is 1. The third-order valence-corrected chi connectivity index (χ3v) is 7.31. The molecular formula is C31H36N6O6. The molecule has 1 aliphatic rings. The van der Waals surface area contributed by atoms with Gasteiger partial charge in [0.1, 0.15) is 23.4 Å². The Morgan fingerprint density at radius 3 is 2.53 bits per heavy atom. The Hall–Kier alpha value is -4.70. The van der Waals surface area contributed by atoms with Crippen LogP contribution in [0.4, 0.5) is 5.69 Å². The molecule has 2 atom stereocenters. The number of allylic oxidation sites excluding steroid dienone is 1. The van der Waals surface area contributed by atoms with Crippen LogP contribution in [-0.4, -0.2) is 73.9 Å². The van der Waals surface area contributed by atoms with Crippen LogP contribution >= 0.6 is 0 Å². The Morgan fingerprint density at radius 1 is 1.12 bits per heavy atom. The lowest BCUT2D eigenvalue weighted by Gasteiger charge is -2.29. The van der Waals surface area contributed by atoms with E-state index in [1.54, 1.807) is 13.0 Å². The van der Waals surface area contributed by atoms with Crippen molar-refractivity contribution >= 4 is 28.4 Å². The van der Waals surface area contributed by atoms with Crippen LogP contribution in [0.3, 0.4) is 0 Å². The van der Waals surface area contributed by atoms with Crippen molar-refractivity contribution in [3.63, 3.8) is 0 Å². The summed E-state index contributed by atoms with van der Waals surface area (Å²) in [6.07, 6.45) is 4.85. The highest BCUT2D eigenvalue weighted by atomic mass is 16.6. The van der Waals surface area contributed by atoms with Gasteiger partial charge in [-0.25, -0.2) is 4.68 Å². The first kappa shape index (κ1) is 31.2. The number of aliphatic hydroxyl groups is 4. The van der Waals surface area contributed by atoms with Crippen LogP contribution in [-0.2, 0) is 22.6 Å². The fourth-order valence-corrected chi connectivity index (χ4v) is 4.84. The van der Waals surface area contributed by atoms with Crippen LogP contribution < -0.4 is 10.2 Å². The fraction of sp³-hybridized carbons (Fsp3) is 0.355. The highest BCUT2D eigenvalue weighted by Crippen LogP contribution is 2.26. The summed E-state index contributed by atoms with van der Waals surface area (Å²) in [6, 6.07) is 14.1. The first-order valence-corrected chi connectivity index (χ1v) is 14.0. The Labute approximate surface area is 249 Å². The minimum atomic E-state index is -1.79. The highest BCUT2D eigenvalue weighted by molar-refractivity contribution is 6.02. The first-order valence-electron chi connectivity index (χ1n) is 14.0. The Morgan fingerprint density at radius 2 is 1.84 bits per heavy atom. The summed E-state index contributed by atoms with van der Waals surface area (Å²) in [5.74, 6) is -2.34. The lowest BCUT2D eigenvalue weighted by molar-refractivity contribution is -0.117. The van der Waals surface area contributed by atoms with Crippen molar-refractivity contribution in [2.75, 3.05) is 25.1 Å². The lowest BCUT2D eigenvalue weighted by atomic mass is 10.0. The predicted molar refractivity (Wildman–Crippen MR) is 161 cm³/mol. The normalized spacial score (nSPS) is 16.4. The average Bonchev–Trinajstić information content (AvgIpc) is 3.50. The molecule has 0 radical (unpaired) electrons. The molecule has 226 valence electrons. The van der Waals surface area contributed by atoms with Crippen LogP contribution in [0.15, 0.2) is 71.3 Å². The number of aliphatic hydroxyl groups excluding tert-OH is 4. The molecule has 1 saturated heterocycles. The molecule has 0 aliphatic carbocycles. The molecule has 12 heteroatoms. The van der Waals surface area contributed by atoms with E-state index in [9.17, 15) is 30.5 Å². The zero-order valence-corrected chi connectivity index (χ0v) is 24.1. The fourth-order valence-electron chi connectivity index (χ4n) is 4.84. The molecule has 1 amide bonds. The number of aromatic nitrogens is 3. The molecular weight excluding hydrogens is 552 g/mol. The van der Waals surface area contributed by atoms with E-state index in [0.29, 0.717) is 5.69 Å². The van der Waals surface area contributed by atoms with Crippen LogP contribution in [0.25, 0.3) is 16.8 Å². The Kier molecular flexibility index (Phi) is 10.5. The number of rotatable bonds is 11. The number of hydrogen-bond donors (Lipinski definition) is 5. The van der Waals surface area contributed by atoms with Gasteiger partial charge in [0.25, 0.3) is 5.91 Å². The topological polar surface area (TPSA) is 177 Å². The molecule has 2 heterocycles. The molecule has 12 nitrogen and oxygen atoms in total. The van der Waals surface area contributed by atoms with E-state index < -0.39 is 29.8 Å². The number of amides is 1. The minimum Gasteiger partial charge on any atom is -0.506 e. The largest absolute Gasteiger partial charge is 0.506 e. The van der Waals surface area contributed by atoms with E-state index in [4.69, 9.17) is 0 Å². The number of nitriles is 1. The van der Waals surface area contributed by atoms with Gasteiger partial charge in [0.15, 0.2) is 11.5 Å². The second-order valence-corrected chi connectivity index (χ2v) is 10.2. The maximum Gasteiger partial charge on any atom is 0.262 e. The number of hydrogen-bond acceptors (Lipinski definition) is 10. The summed E-state index contributed by atoms with van der Waals surface area (Å²) in [7, 11) is 1.12. The number of ether oxygens (including phenoxy) is 1. The molecule has 43 heavy (non-hydrogen) atoms. The third-order valence-electron chi connectivity index (χ3n) is 7.31. The van der Waals surface area contributed by atoms with Gasteiger partial charge in [0.2, 0.25) is 6.29 Å². The molecule has 1 aromatic heterocycles. The van der Waals surface area contributed by atoms with Crippen LogP contribution in [0, 0.1) is 11.3 Å². The van der Waals surface area contributed by atoms with Crippen molar-refractivity contribution in [2.45, 2.75) is 51.7 Å². The van der Waals surface area contributed by atoms with Crippen molar-refractivity contribution in [1.82, 2.24) is 20.3 Å². The number of anilines is 1. The van der Waals surface area contributed by atoms with E-state index >= 15 is 0 Å². The van der Waals surface area contributed by atoms with Gasteiger partial charge in [-0.2, -0.15) is 5.26 Å². The molecule has 0 unspecified atom stereocenters. The van der Waals surface area contributed by atoms with Gasteiger partial charge in [0, 0.05) is 25.9 Å². The summed E-state index contributed by atoms with van der Waals surface area (Å²) in [5, 5.41) is 62.2. The summed E-state index contributed by atoms with van der Waals surface area (Å²) >= 11 is 0. The zero-order chi connectivity index (χ0) is 30.9. The molecule has 4 rings (SSSR count). The molecule has 1 aliphatic heterocycles. The number of nitrogens with one attached hydrogen (secondary N) is 1. The van der Waals surface area contributed by atoms with Crippen molar-refractivity contribution in [2.24, 2.45) is 0 Å². The first-order chi connectivity index (χ1) is 20.7. The minimum absolute atomic E-state index is 0.00541. The summed E-state index contributed by atoms with van der Waals surface area (Å²) < 4.78 is 5.90. The number of carbonyl (C=O) groups excluding carboxylic acids is 1. The SMILES string of the molecule is C/C=C(/Cn1cc(CNC(=O)/C(C#N)=C/c2ccc3cc(N4CCCCC4)ccc3c2)nn1)[C@@H](O)/C(O)=C(/O)[C@H](O)OC. The van der Waals surface area contributed by atoms with E-state index in [1.165, 1.54) is 41.9 Å². The van der Waals surface area contributed by atoms with E-state index in [0.717, 1.165) is 36.5 Å². The average molecular weight is 589 g/mol. The smallest absolute Gasteiger partial charge is 0.262 e. The highest BCUT2D eigenvalue weighted by Gasteiger charge is 2.24. The van der Waals surface area contributed by atoms with Gasteiger partial charge in [0.05, 0.1) is 19.3 Å². The van der Waals surface area contributed by atoms with Gasteiger partial charge in [-0.15, -0.1) is 5.10 Å². The van der Waals surface area contributed by atoms with Gasteiger partial charge >= 0.3 is 0 Å². The third kappa shape index (κ3) is 7.78. The monoisotopic (exact) mass is 588 g/mol. The number of methoxy groups -OCH3 is 1. The Balaban J connectivity index is 1.38. The maximum absolute atomic E-state index is 12.8. The maximum atomic E-state index is 12.8. The summed E-state index contributed by atoms with van der Waals surface area (Å²) in [4.78, 5) is 15.2. The van der Waals surface area contributed by atoms with Gasteiger partial charge in [-0.05, 0) is 72.4 Å². The summed E-state index contributed by atoms with van der Waals surface area (Å²) in [5.41, 5.74) is 2.52. The molecule has 1 fully saturated rings. The van der Waals surface area contributed by atoms with Crippen LogP contribution in [0.5, 0.6) is 0 Å². The van der Waals surface area contributed by atoms with Crippen molar-refractivity contribution in [1.29, 1.82) is 5.26 Å². The van der Waals surface area contributed by atoms with Gasteiger partial charge in [-0.1, -0.05) is 29.5 Å². The van der Waals surface area contributed by atoms with Gasteiger partial charge < -0.3 is 35.4 Å². The van der Waals surface area contributed by atoms with Crippen LogP contribution in [0.1, 0.15) is 37.4 Å². The number of nitrogens with zero attached hydrogens (tertiary/aromatic N) is 5. The molecule has 0 saturated carbocycles. The van der Waals surface area contributed by atoms with E-state index in [2.05, 4.69) is 43.5 Å². The molecule has 5 N–H and O–H groups in total. The lowest BCUT2D eigenvalue weighted by Crippen LogP contribution is -2.29. The van der Waals surface area contributed by atoms with Crippen molar-refractivity contribution in [3.05, 3.63) is 82.6 Å². The molecule has 2 aromatic carbocycles. The van der Waals surface area contributed by atoms with Crippen molar-refractivity contribution < 1.29 is 30.0 Å². The second-order valence-electron chi connectivity index (χ2n) is 10.2. The van der Waals surface area contributed by atoms with E-state index in [-0.39, 0.29) is 24.2 Å². The molecule has 0 bridgehead atoms. The van der Waals surface area contributed by atoms with E-state index in [1.807, 2.05) is 24.3 Å². The second kappa shape index (κ2) is 14.5. The van der Waals surface area contributed by atoms with Crippen LogP contribution in [0.2, 0.25) is 0 Å². The molecule has 3 aromatic rings. The summed E-state index contributed by atoms with van der Waals surface area (Å²) in [6.45, 7) is 3.74. The quantitative estimate of drug-likeness (QED) is 0.0734. The van der Waals surface area contributed by atoms with Crippen molar-refractivity contribution in [3.8, 4) is 6.07 Å². The number of carbonyl (C=O) groups is 1. The zero-order valence-electron chi connectivity index (χ0n) is 24.1. The number of benzene rings is 2. The number of fused-ring (bicyclic) bond motifs is 1.